The van der Waals surface area contributed by atoms with Crippen molar-refractivity contribution in [3.05, 3.63) is 78.7 Å². The van der Waals surface area contributed by atoms with Gasteiger partial charge in [-0.2, -0.15) is 0 Å². The van der Waals surface area contributed by atoms with Gasteiger partial charge in [-0.1, -0.05) is 23.7 Å². The third-order valence-electron chi connectivity index (χ3n) is 6.67. The first-order valence-electron chi connectivity index (χ1n) is 11.5. The van der Waals surface area contributed by atoms with Gasteiger partial charge in [-0.25, -0.2) is 0 Å². The Labute approximate surface area is 217 Å². The molecule has 0 unspecified atom stereocenters. The van der Waals surface area contributed by atoms with Crippen LogP contribution in [0.3, 0.4) is 0 Å². The van der Waals surface area contributed by atoms with Crippen molar-refractivity contribution in [3.8, 4) is 11.5 Å². The summed E-state index contributed by atoms with van der Waals surface area (Å²) in [6, 6.07) is 11.5. The van der Waals surface area contributed by atoms with E-state index in [9.17, 15) is 9.59 Å². The van der Waals surface area contributed by atoms with E-state index in [1.165, 1.54) is 0 Å². The molecule has 176 valence electrons. The van der Waals surface area contributed by atoms with E-state index in [0.717, 1.165) is 62.9 Å². The van der Waals surface area contributed by atoms with E-state index in [2.05, 4.69) is 27.9 Å². The average molecular weight is 590 g/mol. The molecule has 34 heavy (non-hydrogen) atoms. The number of halogens is 2. The number of hydrogen-bond donors (Lipinski definition) is 1. The van der Waals surface area contributed by atoms with E-state index in [0.29, 0.717) is 36.0 Å². The molecule has 0 saturated carbocycles. The van der Waals surface area contributed by atoms with Crippen LogP contribution in [0.15, 0.2) is 58.9 Å². The third-order valence-corrected chi connectivity index (χ3v) is 7.73. The first kappa shape index (κ1) is 23.4. The molecule has 0 fully saturated rings. The van der Waals surface area contributed by atoms with Crippen molar-refractivity contribution in [1.29, 1.82) is 0 Å². The SMILES string of the molecule is COc1cc(C2C3=C(CCCC3=O)NC3=C2C(=O)CCC3)cc(I)c1OCc1ccc(Cl)cc1. The molecule has 0 aromatic heterocycles. The molecule has 2 aromatic rings. The molecule has 0 bridgehead atoms. The van der Waals surface area contributed by atoms with Crippen LogP contribution in [-0.2, 0) is 16.2 Å². The first-order valence-corrected chi connectivity index (χ1v) is 13.0. The maximum absolute atomic E-state index is 13.1. The number of benzene rings is 2. The zero-order valence-corrected chi connectivity index (χ0v) is 21.8. The summed E-state index contributed by atoms with van der Waals surface area (Å²) in [6.07, 6.45) is 4.38. The highest BCUT2D eigenvalue weighted by molar-refractivity contribution is 14.1. The maximum atomic E-state index is 13.1. The minimum atomic E-state index is -0.361. The molecule has 0 amide bonds. The zero-order chi connectivity index (χ0) is 23.8. The summed E-state index contributed by atoms with van der Waals surface area (Å²) in [4.78, 5) is 26.2. The molecule has 0 atom stereocenters. The molecule has 1 aliphatic heterocycles. The van der Waals surface area contributed by atoms with Gasteiger partial charge in [0.2, 0.25) is 0 Å². The molecule has 2 aliphatic carbocycles. The minimum absolute atomic E-state index is 0.126. The van der Waals surface area contributed by atoms with Gasteiger partial charge in [0.1, 0.15) is 6.61 Å². The van der Waals surface area contributed by atoms with E-state index in [1.54, 1.807) is 7.11 Å². The summed E-state index contributed by atoms with van der Waals surface area (Å²) >= 11 is 8.23. The zero-order valence-electron chi connectivity index (χ0n) is 18.9. The number of ether oxygens (including phenoxy) is 2. The van der Waals surface area contributed by atoms with Crippen molar-refractivity contribution in [3.63, 3.8) is 0 Å². The van der Waals surface area contributed by atoms with E-state index in [-0.39, 0.29) is 17.5 Å². The molecule has 5 rings (SSSR count). The predicted octanol–water partition coefficient (Wildman–Crippen LogP) is 6.23. The lowest BCUT2D eigenvalue weighted by Gasteiger charge is -2.37. The number of dihydropyridines is 1. The molecule has 0 saturated heterocycles. The van der Waals surface area contributed by atoms with Gasteiger partial charge < -0.3 is 14.8 Å². The summed E-state index contributed by atoms with van der Waals surface area (Å²) < 4.78 is 12.7. The summed E-state index contributed by atoms with van der Waals surface area (Å²) in [5.74, 6) is 1.12. The summed E-state index contributed by atoms with van der Waals surface area (Å²) in [5, 5.41) is 4.15. The van der Waals surface area contributed by atoms with Gasteiger partial charge in [0, 0.05) is 46.3 Å². The molecular weight excluding hydrogens is 565 g/mol. The maximum Gasteiger partial charge on any atom is 0.174 e. The fourth-order valence-corrected chi connectivity index (χ4v) is 6.01. The number of carbonyl (C=O) groups excluding carboxylic acids is 2. The second-order valence-electron chi connectivity index (χ2n) is 8.85. The standard InChI is InChI=1S/C27H25ClINO4/c1-33-23-13-16(12-18(29)27(23)34-14-15-8-10-17(28)11-9-15)24-25-19(4-2-6-21(25)31)30-20-5-3-7-22(32)26(20)24/h8-13,24,30H,2-7,14H2,1H3. The van der Waals surface area contributed by atoms with Crippen LogP contribution in [0.1, 0.15) is 55.6 Å². The molecule has 0 spiro atoms. The fraction of sp³-hybridized carbons (Fsp3) is 0.333. The minimum Gasteiger partial charge on any atom is -0.493 e. The second kappa shape index (κ2) is 9.74. The molecule has 2 aromatic carbocycles. The predicted molar refractivity (Wildman–Crippen MR) is 139 cm³/mol. The van der Waals surface area contributed by atoms with E-state index < -0.39 is 0 Å². The molecule has 5 nitrogen and oxygen atoms in total. The van der Waals surface area contributed by atoms with Crippen molar-refractivity contribution in [2.45, 2.75) is 51.0 Å². The van der Waals surface area contributed by atoms with E-state index in [4.69, 9.17) is 21.1 Å². The third kappa shape index (κ3) is 4.38. The van der Waals surface area contributed by atoms with Crippen molar-refractivity contribution in [2.24, 2.45) is 0 Å². The van der Waals surface area contributed by atoms with E-state index >= 15 is 0 Å². The van der Waals surface area contributed by atoms with Crippen LogP contribution in [0.2, 0.25) is 5.02 Å². The Hall–Kier alpha value is -2.32. The van der Waals surface area contributed by atoms with Gasteiger partial charge in [0.25, 0.3) is 0 Å². The highest BCUT2D eigenvalue weighted by atomic mass is 127. The lowest BCUT2D eigenvalue weighted by Crippen LogP contribution is -2.36. The van der Waals surface area contributed by atoms with E-state index in [1.807, 2.05) is 36.4 Å². The summed E-state index contributed by atoms with van der Waals surface area (Å²) in [5.41, 5.74) is 5.33. The quantitative estimate of drug-likeness (QED) is 0.419. The highest BCUT2D eigenvalue weighted by Crippen LogP contribution is 2.47. The molecule has 0 radical (unpaired) electrons. The number of hydrogen-bond acceptors (Lipinski definition) is 5. The Bertz CT molecular complexity index is 1190. The van der Waals surface area contributed by atoms with Crippen LogP contribution in [0.4, 0.5) is 0 Å². The van der Waals surface area contributed by atoms with Crippen molar-refractivity contribution in [2.75, 3.05) is 7.11 Å². The Morgan fingerprint density at radius 2 is 1.59 bits per heavy atom. The summed E-state index contributed by atoms with van der Waals surface area (Å²) in [6.45, 7) is 0.373. The van der Waals surface area contributed by atoms with Crippen molar-refractivity contribution < 1.29 is 19.1 Å². The lowest BCUT2D eigenvalue weighted by molar-refractivity contribution is -0.116. The van der Waals surface area contributed by atoms with Gasteiger partial charge in [-0.05, 0) is 83.7 Å². The highest BCUT2D eigenvalue weighted by Gasteiger charge is 2.40. The summed E-state index contributed by atoms with van der Waals surface area (Å²) in [7, 11) is 1.61. The van der Waals surface area contributed by atoms with Crippen molar-refractivity contribution >= 4 is 45.8 Å². The van der Waals surface area contributed by atoms with Crippen LogP contribution in [0.5, 0.6) is 11.5 Å². The Morgan fingerprint density at radius 1 is 0.971 bits per heavy atom. The number of nitrogens with one attached hydrogen (secondary N) is 1. The molecule has 1 heterocycles. The molecular formula is C27H25ClINO4. The Kier molecular flexibility index (Phi) is 6.71. The van der Waals surface area contributed by atoms with Gasteiger partial charge >= 0.3 is 0 Å². The van der Waals surface area contributed by atoms with Gasteiger partial charge in [0.15, 0.2) is 23.1 Å². The molecule has 7 heteroatoms. The number of methoxy groups -OCH3 is 1. The second-order valence-corrected chi connectivity index (χ2v) is 10.4. The molecule has 3 aliphatic rings. The van der Waals surface area contributed by atoms with Gasteiger partial charge in [-0.3, -0.25) is 9.59 Å². The lowest BCUT2D eigenvalue weighted by atomic mass is 9.71. The Morgan fingerprint density at radius 3 is 2.18 bits per heavy atom. The smallest absolute Gasteiger partial charge is 0.174 e. The number of Topliss-reactive ketones (excluding diaryl/α,β-unsaturated/α-hetero) is 2. The number of rotatable bonds is 5. The van der Waals surface area contributed by atoms with Crippen LogP contribution in [-0.4, -0.2) is 18.7 Å². The fourth-order valence-electron chi connectivity index (χ4n) is 5.10. The largest absolute Gasteiger partial charge is 0.493 e. The Balaban J connectivity index is 1.55. The first-order chi connectivity index (χ1) is 16.5. The van der Waals surface area contributed by atoms with Crippen LogP contribution in [0, 0.1) is 3.57 Å². The van der Waals surface area contributed by atoms with Crippen molar-refractivity contribution in [1.82, 2.24) is 5.32 Å². The van der Waals surface area contributed by atoms with Crippen LogP contribution in [0.25, 0.3) is 0 Å². The number of allylic oxidation sites excluding steroid dienone is 4. The normalized spacial score (nSPS) is 18.4. The topological polar surface area (TPSA) is 64.6 Å². The number of carbonyl (C=O) groups is 2. The molecule has 1 N–H and O–H groups in total. The van der Waals surface area contributed by atoms with Gasteiger partial charge in [0.05, 0.1) is 10.7 Å². The van der Waals surface area contributed by atoms with Gasteiger partial charge in [-0.15, -0.1) is 0 Å². The monoisotopic (exact) mass is 589 g/mol. The van der Waals surface area contributed by atoms with Crippen LogP contribution >= 0.6 is 34.2 Å². The van der Waals surface area contributed by atoms with Crippen LogP contribution < -0.4 is 14.8 Å². The average Bonchev–Trinajstić information content (AvgIpc) is 2.83. The number of ketones is 2.